The molecule has 5 heteroatoms. The number of carbonyl (C=O) groups is 2. The fourth-order valence-corrected chi connectivity index (χ4v) is 0.438. The Morgan fingerprint density at radius 2 is 2.22 bits per heavy atom. The number of imide groups is 1. The number of primary amides is 1. The second-order valence-electron chi connectivity index (χ2n) is 0.997. The lowest BCUT2D eigenvalue weighted by Crippen LogP contribution is -2.31. The smallest absolute Gasteiger partial charge is 0.319 e. The van der Waals surface area contributed by atoms with Crippen molar-refractivity contribution in [2.24, 2.45) is 5.73 Å². The molecule has 0 rings (SSSR count). The van der Waals surface area contributed by atoms with Gasteiger partial charge in [-0.25, -0.2) is 4.79 Å². The molecule has 3 N–H and O–H groups in total. The van der Waals surface area contributed by atoms with E-state index in [1.54, 1.807) is 5.32 Å². The van der Waals surface area contributed by atoms with Crippen molar-refractivity contribution in [2.75, 3.05) is 0 Å². The Kier molecular flexibility index (Phi) is 3.32. The van der Waals surface area contributed by atoms with Crippen molar-refractivity contribution >= 4 is 23.0 Å². The lowest BCUT2D eigenvalue weighted by Gasteiger charge is -1.91. The second kappa shape index (κ2) is 3.80. The molecule has 0 radical (unpaired) electrons. The summed E-state index contributed by atoms with van der Waals surface area (Å²) in [7, 11) is 0. The molecule has 0 saturated heterocycles. The summed E-state index contributed by atoms with van der Waals surface area (Å²) in [6, 6.07) is -0.900. The Hall–Kier alpha value is -1.15. The first-order valence-corrected chi connectivity index (χ1v) is 2.71. The maximum Gasteiger partial charge on any atom is 0.319 e. The zero-order chi connectivity index (χ0) is 7.28. The van der Waals surface area contributed by atoms with E-state index in [2.05, 4.69) is 5.73 Å². The predicted molar refractivity (Wildman–Crippen MR) is 34.5 cm³/mol. The number of thioether (sulfide) groups is 1. The summed E-state index contributed by atoms with van der Waals surface area (Å²) in [4.78, 5) is 20.2. The molecule has 48 valence electrons. The zero-order valence-corrected chi connectivity index (χ0v) is 5.20. The highest BCUT2D eigenvalue weighted by Gasteiger charge is 2.00. The maximum absolute atomic E-state index is 10.3. The third-order valence-corrected chi connectivity index (χ3v) is 0.782. The molecule has 0 unspecified atom stereocenters. The molecule has 3 amide bonds. The van der Waals surface area contributed by atoms with Gasteiger partial charge < -0.3 is 5.73 Å². The minimum absolute atomic E-state index is 0.537. The summed E-state index contributed by atoms with van der Waals surface area (Å²) in [6.45, 7) is 0. The molecule has 0 aliphatic heterocycles. The number of amides is 3. The second-order valence-corrected chi connectivity index (χ2v) is 1.81. The summed E-state index contributed by atoms with van der Waals surface area (Å²) < 4.78 is 0. The summed E-state index contributed by atoms with van der Waals surface area (Å²) in [5, 5.41) is 3.10. The first-order chi connectivity index (χ1) is 4.16. The van der Waals surface area contributed by atoms with E-state index in [1.165, 1.54) is 0 Å². The van der Waals surface area contributed by atoms with Crippen LogP contribution in [0.2, 0.25) is 0 Å². The van der Waals surface area contributed by atoms with E-state index in [0.29, 0.717) is 11.8 Å². The molecule has 0 aliphatic rings. The molecular formula is C4H4N2O2S. The van der Waals surface area contributed by atoms with Gasteiger partial charge in [0, 0.05) is 11.8 Å². The number of urea groups is 1. The van der Waals surface area contributed by atoms with Gasteiger partial charge in [0.1, 0.15) is 0 Å². The molecular weight excluding hydrogens is 140 g/mol. The molecule has 0 spiro atoms. The van der Waals surface area contributed by atoms with Gasteiger partial charge in [-0.2, -0.15) is 0 Å². The van der Waals surface area contributed by atoms with Crippen LogP contribution in [0.3, 0.4) is 0 Å². The summed E-state index contributed by atoms with van der Waals surface area (Å²) in [6.07, 6.45) is 4.71. The van der Waals surface area contributed by atoms with Crippen molar-refractivity contribution in [3.63, 3.8) is 0 Å². The van der Waals surface area contributed by atoms with E-state index in [-0.39, 0.29) is 0 Å². The quantitative estimate of drug-likeness (QED) is 0.473. The van der Waals surface area contributed by atoms with Gasteiger partial charge in [0.15, 0.2) is 0 Å². The molecule has 0 fully saturated rings. The lowest BCUT2D eigenvalue weighted by molar-refractivity contribution is 0.242. The SMILES string of the molecule is C#CSC(=O)NC(N)=O. The van der Waals surface area contributed by atoms with Crippen LogP contribution in [0.1, 0.15) is 0 Å². The van der Waals surface area contributed by atoms with Gasteiger partial charge in [-0.05, 0) is 5.25 Å². The van der Waals surface area contributed by atoms with Crippen molar-refractivity contribution in [3.8, 4) is 11.7 Å². The number of rotatable bonds is 0. The Bertz CT molecular complexity index is 172. The van der Waals surface area contributed by atoms with Crippen LogP contribution in [-0.2, 0) is 0 Å². The zero-order valence-electron chi connectivity index (χ0n) is 4.38. The number of hydrogen-bond donors (Lipinski definition) is 2. The topological polar surface area (TPSA) is 72.2 Å². The van der Waals surface area contributed by atoms with E-state index in [0.717, 1.165) is 0 Å². The number of hydrogen-bond acceptors (Lipinski definition) is 3. The molecule has 0 heterocycles. The fraction of sp³-hybridized carbons (Fsp3) is 0. The lowest BCUT2D eigenvalue weighted by atomic mass is 11.0. The van der Waals surface area contributed by atoms with E-state index >= 15 is 0 Å². The van der Waals surface area contributed by atoms with E-state index in [9.17, 15) is 9.59 Å². The number of nitrogens with two attached hydrogens (primary N) is 1. The van der Waals surface area contributed by atoms with E-state index in [1.807, 2.05) is 5.25 Å². The van der Waals surface area contributed by atoms with E-state index in [4.69, 9.17) is 6.42 Å². The molecule has 0 bridgehead atoms. The van der Waals surface area contributed by atoms with Crippen molar-refractivity contribution in [1.29, 1.82) is 0 Å². The van der Waals surface area contributed by atoms with Crippen molar-refractivity contribution < 1.29 is 9.59 Å². The normalized spacial score (nSPS) is 7.44. The predicted octanol–water partition coefficient (Wildman–Crippen LogP) is 0.0986. The molecule has 9 heavy (non-hydrogen) atoms. The van der Waals surface area contributed by atoms with Gasteiger partial charge in [0.25, 0.3) is 5.24 Å². The van der Waals surface area contributed by atoms with E-state index < -0.39 is 11.3 Å². The Balaban J connectivity index is 3.54. The monoisotopic (exact) mass is 144 g/mol. The average Bonchev–Trinajstić information content (AvgIpc) is 1.63. The number of carbonyl (C=O) groups excluding carboxylic acids is 2. The molecule has 0 aliphatic carbocycles. The summed E-state index contributed by atoms with van der Waals surface area (Å²) >= 11 is 0.537. The standard InChI is InChI=1S/C4H4N2O2S/c1-2-9-4(8)6-3(5)7/h1H,(H3,5,6,7,8). The van der Waals surface area contributed by atoms with Crippen molar-refractivity contribution in [1.82, 2.24) is 5.32 Å². The summed E-state index contributed by atoms with van der Waals surface area (Å²) in [5.41, 5.74) is 4.57. The third-order valence-electron chi connectivity index (χ3n) is 0.377. The minimum Gasteiger partial charge on any atom is -0.351 e. The average molecular weight is 144 g/mol. The summed E-state index contributed by atoms with van der Waals surface area (Å²) in [5.74, 6) is 0. The van der Waals surface area contributed by atoms with Crippen LogP contribution in [0.15, 0.2) is 0 Å². The Labute approximate surface area is 56.2 Å². The number of nitrogens with one attached hydrogen (secondary N) is 1. The highest BCUT2D eigenvalue weighted by atomic mass is 32.2. The van der Waals surface area contributed by atoms with Gasteiger partial charge in [-0.15, -0.1) is 6.42 Å². The van der Waals surface area contributed by atoms with Gasteiger partial charge in [0.05, 0.1) is 0 Å². The van der Waals surface area contributed by atoms with Gasteiger partial charge in [0.2, 0.25) is 0 Å². The Morgan fingerprint density at radius 3 is 2.56 bits per heavy atom. The molecule has 4 nitrogen and oxygen atoms in total. The van der Waals surface area contributed by atoms with Gasteiger partial charge >= 0.3 is 6.03 Å². The molecule has 0 aromatic heterocycles. The third kappa shape index (κ3) is 4.71. The van der Waals surface area contributed by atoms with Crippen LogP contribution in [0, 0.1) is 11.7 Å². The van der Waals surface area contributed by atoms with Crippen LogP contribution < -0.4 is 11.1 Å². The van der Waals surface area contributed by atoms with Crippen LogP contribution >= 0.6 is 11.8 Å². The van der Waals surface area contributed by atoms with Crippen LogP contribution in [0.25, 0.3) is 0 Å². The van der Waals surface area contributed by atoms with Gasteiger partial charge in [-0.1, -0.05) is 0 Å². The molecule has 0 aromatic carbocycles. The van der Waals surface area contributed by atoms with Gasteiger partial charge in [-0.3, -0.25) is 10.1 Å². The minimum atomic E-state index is -0.900. The van der Waals surface area contributed by atoms with Crippen molar-refractivity contribution in [2.45, 2.75) is 0 Å². The largest absolute Gasteiger partial charge is 0.351 e. The molecule has 0 saturated carbocycles. The van der Waals surface area contributed by atoms with Crippen LogP contribution in [0.4, 0.5) is 9.59 Å². The maximum atomic E-state index is 10.3. The first kappa shape index (κ1) is 7.85. The molecule has 0 atom stereocenters. The fourth-order valence-electron chi connectivity index (χ4n) is 0.180. The highest BCUT2D eigenvalue weighted by Crippen LogP contribution is 1.94. The molecule has 0 aromatic rings. The first-order valence-electron chi connectivity index (χ1n) is 1.89. The van der Waals surface area contributed by atoms with Crippen LogP contribution in [-0.4, -0.2) is 11.3 Å². The highest BCUT2D eigenvalue weighted by molar-refractivity contribution is 8.17. The Morgan fingerprint density at radius 1 is 1.67 bits per heavy atom. The van der Waals surface area contributed by atoms with Crippen molar-refractivity contribution in [3.05, 3.63) is 0 Å². The number of terminal acetylenes is 1. The van der Waals surface area contributed by atoms with Crippen LogP contribution in [0.5, 0.6) is 0 Å².